The van der Waals surface area contributed by atoms with Crippen LogP contribution >= 0.6 is 12.0 Å². The van der Waals surface area contributed by atoms with Crippen molar-refractivity contribution in [3.8, 4) is 5.40 Å². The van der Waals surface area contributed by atoms with Gasteiger partial charge < -0.3 is 10.0 Å². The molecule has 5 nitrogen and oxygen atoms in total. The molecular weight excluding hydrogens is 158 g/mol. The van der Waals surface area contributed by atoms with Crippen molar-refractivity contribution in [2.24, 2.45) is 0 Å². The SMILES string of the molecule is C.C.C.N#CSO.O.OO. The van der Waals surface area contributed by atoms with Gasteiger partial charge in [0.25, 0.3) is 0 Å². The Morgan fingerprint density at radius 2 is 1.20 bits per heavy atom. The maximum absolute atomic E-state index is 7.43. The Kier molecular flexibility index (Phi) is 977. The molecule has 0 spiro atoms. The highest BCUT2D eigenvalue weighted by Gasteiger charge is 1.52. The van der Waals surface area contributed by atoms with Gasteiger partial charge in [0.05, 0.1) is 0 Å². The molecule has 0 saturated heterocycles. The van der Waals surface area contributed by atoms with E-state index in [0.29, 0.717) is 0 Å². The Morgan fingerprint density at radius 3 is 1.20 bits per heavy atom. The van der Waals surface area contributed by atoms with Gasteiger partial charge in [0.15, 0.2) is 5.40 Å². The van der Waals surface area contributed by atoms with Crippen molar-refractivity contribution >= 4 is 12.0 Å². The molecule has 0 rings (SSSR count). The summed E-state index contributed by atoms with van der Waals surface area (Å²) in [6, 6.07) is 0. The lowest BCUT2D eigenvalue weighted by Gasteiger charge is -1.48. The van der Waals surface area contributed by atoms with Crippen molar-refractivity contribution in [1.29, 1.82) is 5.26 Å². The second-order valence-corrected chi connectivity index (χ2v) is 0.548. The zero-order valence-corrected chi connectivity index (χ0v) is 4.01. The van der Waals surface area contributed by atoms with Crippen LogP contribution in [-0.4, -0.2) is 20.5 Å². The maximum atomic E-state index is 7.43. The van der Waals surface area contributed by atoms with Gasteiger partial charge in [-0.3, -0.25) is 10.5 Å². The molecule has 0 aromatic heterocycles. The van der Waals surface area contributed by atoms with Gasteiger partial charge in [0.1, 0.15) is 12.0 Å². The second kappa shape index (κ2) is 181. The standard InChI is InChI=1S/CHNOS.3CH4.H2O2.H2O/c2-1-4-3;;;;1-2;/h3H;3*1H4;1-2H;1H2. The maximum Gasteiger partial charge on any atom is 0.162 e. The van der Waals surface area contributed by atoms with Gasteiger partial charge in [0.2, 0.25) is 0 Å². The van der Waals surface area contributed by atoms with Crippen molar-refractivity contribution in [1.82, 2.24) is 0 Å². The minimum absolute atomic E-state index is 0. The molecule has 0 fully saturated rings. The molecule has 0 aliphatic rings. The van der Waals surface area contributed by atoms with E-state index in [-0.39, 0.29) is 39.8 Å². The molecule has 5 N–H and O–H groups in total. The monoisotopic (exact) mass is 175 g/mol. The molecule has 6 heteroatoms. The molecule has 10 heavy (non-hydrogen) atoms. The molecule has 0 aromatic carbocycles. The minimum atomic E-state index is 0. The van der Waals surface area contributed by atoms with E-state index in [2.05, 4.69) is 0 Å². The Labute approximate surface area is 66.4 Å². The van der Waals surface area contributed by atoms with Gasteiger partial charge in [0, 0.05) is 0 Å². The van der Waals surface area contributed by atoms with E-state index in [1.54, 1.807) is 0 Å². The molecule has 0 radical (unpaired) electrons. The topological polar surface area (TPSA) is 116 Å². The van der Waals surface area contributed by atoms with Crippen molar-refractivity contribution in [3.63, 3.8) is 0 Å². The molecule has 0 aromatic rings. The number of hydrogen-bond acceptors (Lipinski definition) is 5. The average molecular weight is 175 g/mol. The quantitative estimate of drug-likeness (QED) is 0.224. The molecule has 0 bridgehead atoms. The molecule has 0 amide bonds. The van der Waals surface area contributed by atoms with E-state index >= 15 is 0 Å². The predicted octanol–water partition coefficient (Wildman–Crippen LogP) is 1.77. The minimum Gasteiger partial charge on any atom is -0.412 e. The molecule has 0 heterocycles. The van der Waals surface area contributed by atoms with Gasteiger partial charge in [-0.1, -0.05) is 22.3 Å². The van der Waals surface area contributed by atoms with Crippen LogP contribution in [0.15, 0.2) is 0 Å². The number of nitriles is 1. The smallest absolute Gasteiger partial charge is 0.162 e. The first-order chi connectivity index (χ1) is 2.91. The Balaban J connectivity index is -0.00000000625. The predicted molar refractivity (Wildman–Crippen MR) is 44.9 cm³/mol. The normalized spacial score (nSPS) is 2.60. The average Bonchev–Trinajstić information content (AvgIpc) is 1.72. The van der Waals surface area contributed by atoms with Crippen LogP contribution < -0.4 is 0 Å². The van der Waals surface area contributed by atoms with Crippen molar-refractivity contribution < 1.29 is 20.5 Å². The Hall–Kier alpha value is -0.320. The lowest BCUT2D eigenvalue weighted by atomic mass is 11.8. The molecule has 0 unspecified atom stereocenters. The summed E-state index contributed by atoms with van der Waals surface area (Å²) in [5.74, 6) is 0. The summed E-state index contributed by atoms with van der Waals surface area (Å²) >= 11 is 0.162. The van der Waals surface area contributed by atoms with Crippen LogP contribution in [0.2, 0.25) is 0 Å². The largest absolute Gasteiger partial charge is 0.412 e. The van der Waals surface area contributed by atoms with Gasteiger partial charge in [-0.05, 0) is 0 Å². The number of thiocyanates is 1. The zero-order chi connectivity index (χ0) is 5.41. The summed E-state index contributed by atoms with van der Waals surface area (Å²) in [6.45, 7) is 0. The molecule has 0 aliphatic carbocycles. The number of hydrogen-bond donors (Lipinski definition) is 3. The van der Waals surface area contributed by atoms with E-state index in [4.69, 9.17) is 20.3 Å². The van der Waals surface area contributed by atoms with Gasteiger partial charge in [-0.15, -0.1) is 0 Å². The Bertz CT molecular complexity index is 47.0. The van der Waals surface area contributed by atoms with Crippen molar-refractivity contribution in [3.05, 3.63) is 0 Å². The summed E-state index contributed by atoms with van der Waals surface area (Å²) in [5.41, 5.74) is 0. The molecule has 0 aliphatic heterocycles. The van der Waals surface area contributed by atoms with Crippen LogP contribution in [0.1, 0.15) is 22.3 Å². The highest BCUT2D eigenvalue weighted by molar-refractivity contribution is 7.98. The second-order valence-electron chi connectivity index (χ2n) is 0.183. The summed E-state index contributed by atoms with van der Waals surface area (Å²) in [4.78, 5) is 0. The van der Waals surface area contributed by atoms with Crippen LogP contribution in [-0.2, 0) is 0 Å². The fourth-order valence-electron chi connectivity index (χ4n) is 0. The van der Waals surface area contributed by atoms with Crippen LogP contribution in [0.25, 0.3) is 0 Å². The van der Waals surface area contributed by atoms with E-state index in [0.717, 1.165) is 0 Å². The van der Waals surface area contributed by atoms with Crippen LogP contribution in [0.4, 0.5) is 0 Å². The number of rotatable bonds is 0. The Morgan fingerprint density at radius 1 is 1.10 bits per heavy atom. The summed E-state index contributed by atoms with van der Waals surface area (Å²) in [5, 5.41) is 20.7. The van der Waals surface area contributed by atoms with E-state index in [9.17, 15) is 0 Å². The molecule has 0 saturated carbocycles. The highest BCUT2D eigenvalue weighted by atomic mass is 32.2. The third kappa shape index (κ3) is 741. The molecular formula is C4H17NO4S. The van der Waals surface area contributed by atoms with E-state index in [1.807, 2.05) is 0 Å². The lowest BCUT2D eigenvalue weighted by molar-refractivity contribution is -0.176. The highest BCUT2D eigenvalue weighted by Crippen LogP contribution is 1.77. The van der Waals surface area contributed by atoms with Crippen LogP contribution in [0, 0.1) is 10.7 Å². The fourth-order valence-corrected chi connectivity index (χ4v) is 0. The van der Waals surface area contributed by atoms with E-state index < -0.39 is 0 Å². The first-order valence-electron chi connectivity index (χ1n) is 0.810. The summed E-state index contributed by atoms with van der Waals surface area (Å²) in [6.07, 6.45) is 0. The lowest BCUT2D eigenvalue weighted by Crippen LogP contribution is -1.30. The number of nitrogens with zero attached hydrogens (tertiary/aromatic N) is 1. The zero-order valence-electron chi connectivity index (χ0n) is 3.20. The van der Waals surface area contributed by atoms with Crippen molar-refractivity contribution in [2.75, 3.05) is 0 Å². The molecule has 68 valence electrons. The van der Waals surface area contributed by atoms with Gasteiger partial charge in [-0.2, -0.15) is 5.26 Å². The van der Waals surface area contributed by atoms with E-state index in [1.165, 1.54) is 5.40 Å². The summed E-state index contributed by atoms with van der Waals surface area (Å²) in [7, 11) is 0. The van der Waals surface area contributed by atoms with Crippen LogP contribution in [0.5, 0.6) is 0 Å². The third-order valence-corrected chi connectivity index (χ3v) is 0.122. The summed E-state index contributed by atoms with van der Waals surface area (Å²) < 4.78 is 7.43. The van der Waals surface area contributed by atoms with Gasteiger partial charge >= 0.3 is 0 Å². The van der Waals surface area contributed by atoms with Crippen molar-refractivity contribution in [2.45, 2.75) is 22.3 Å². The van der Waals surface area contributed by atoms with Crippen LogP contribution in [0.3, 0.4) is 0 Å². The fraction of sp³-hybridized carbons (Fsp3) is 0.750. The molecule has 0 atom stereocenters. The van der Waals surface area contributed by atoms with Gasteiger partial charge in [-0.25, -0.2) is 0 Å². The first-order valence-corrected chi connectivity index (χ1v) is 1.58. The first kappa shape index (κ1) is 53.9. The third-order valence-electron chi connectivity index (χ3n) is 0.0408.